The summed E-state index contributed by atoms with van der Waals surface area (Å²) >= 11 is 3.42. The van der Waals surface area contributed by atoms with E-state index in [-0.39, 0.29) is 6.61 Å². The zero-order chi connectivity index (χ0) is 14.4. The van der Waals surface area contributed by atoms with Gasteiger partial charge in [-0.05, 0) is 34.7 Å². The van der Waals surface area contributed by atoms with Crippen molar-refractivity contribution in [1.82, 2.24) is 9.97 Å². The monoisotopic (exact) mass is 342 g/mol. The number of aliphatic hydroxyl groups is 1. The minimum Gasteiger partial charge on any atom is -0.395 e. The van der Waals surface area contributed by atoms with Crippen LogP contribution >= 0.6 is 15.9 Å². The van der Waals surface area contributed by atoms with Crippen molar-refractivity contribution in [2.24, 2.45) is 5.92 Å². The van der Waals surface area contributed by atoms with Crippen LogP contribution < -0.4 is 10.2 Å². The molecule has 0 atom stereocenters. The summed E-state index contributed by atoms with van der Waals surface area (Å²) in [7, 11) is 1.84. The van der Waals surface area contributed by atoms with E-state index in [0.29, 0.717) is 18.4 Å². The van der Waals surface area contributed by atoms with Gasteiger partial charge in [0.1, 0.15) is 5.82 Å². The molecule has 0 saturated heterocycles. The summed E-state index contributed by atoms with van der Waals surface area (Å²) in [6.45, 7) is 1.65. The van der Waals surface area contributed by atoms with Crippen LogP contribution in [0.25, 0.3) is 0 Å². The maximum Gasteiger partial charge on any atom is 0.227 e. The van der Waals surface area contributed by atoms with Crippen molar-refractivity contribution < 1.29 is 5.11 Å². The Morgan fingerprint density at radius 2 is 2.15 bits per heavy atom. The first-order valence-corrected chi connectivity index (χ1v) is 8.10. The zero-order valence-corrected chi connectivity index (χ0v) is 13.6. The van der Waals surface area contributed by atoms with Crippen LogP contribution in [-0.2, 0) is 0 Å². The maximum absolute atomic E-state index is 9.29. The smallest absolute Gasteiger partial charge is 0.227 e. The lowest BCUT2D eigenvalue weighted by Crippen LogP contribution is -2.34. The average molecular weight is 343 g/mol. The van der Waals surface area contributed by atoms with Crippen molar-refractivity contribution in [2.45, 2.75) is 32.1 Å². The predicted octanol–water partition coefficient (Wildman–Crippen LogP) is 2.66. The van der Waals surface area contributed by atoms with Crippen molar-refractivity contribution >= 4 is 27.7 Å². The number of halogens is 1. The van der Waals surface area contributed by atoms with Gasteiger partial charge in [-0.3, -0.25) is 0 Å². The molecule has 1 aromatic heterocycles. The van der Waals surface area contributed by atoms with E-state index in [4.69, 9.17) is 0 Å². The third kappa shape index (κ3) is 4.06. The van der Waals surface area contributed by atoms with E-state index in [0.717, 1.165) is 16.8 Å². The van der Waals surface area contributed by atoms with Crippen molar-refractivity contribution in [3.05, 3.63) is 10.7 Å². The van der Waals surface area contributed by atoms with Crippen LogP contribution in [0.2, 0.25) is 0 Å². The number of rotatable bonds is 6. The van der Waals surface area contributed by atoms with E-state index in [1.165, 1.54) is 32.1 Å². The van der Waals surface area contributed by atoms with Gasteiger partial charge in [-0.25, -0.2) is 4.98 Å². The number of nitrogens with zero attached hydrogens (tertiary/aromatic N) is 3. The third-order valence-corrected chi connectivity index (χ3v) is 4.40. The second-order valence-corrected chi connectivity index (χ2v) is 6.14. The minimum atomic E-state index is 0.126. The molecule has 1 saturated carbocycles. The van der Waals surface area contributed by atoms with Gasteiger partial charge in [0.15, 0.2) is 0 Å². The summed E-state index contributed by atoms with van der Waals surface area (Å²) < 4.78 is 0.852. The number of hydrogen-bond donors (Lipinski definition) is 2. The number of hydrogen-bond acceptors (Lipinski definition) is 5. The molecule has 0 amide bonds. The van der Waals surface area contributed by atoms with Gasteiger partial charge < -0.3 is 15.3 Å². The molecule has 0 bridgehead atoms. The summed E-state index contributed by atoms with van der Waals surface area (Å²) in [6, 6.07) is 0. The highest BCUT2D eigenvalue weighted by Crippen LogP contribution is 2.26. The molecule has 1 aliphatic rings. The normalized spacial score (nSPS) is 16.1. The van der Waals surface area contributed by atoms with E-state index in [9.17, 15) is 5.11 Å². The molecule has 0 spiro atoms. The molecule has 2 N–H and O–H groups in total. The standard InChI is InChI=1S/C14H23BrN4O/c1-16-13-12(15)9-17-14(18-13)19(7-8-20)10-11-5-3-2-4-6-11/h9,11,20H,2-8,10H2,1H3,(H,16,17,18). The Bertz CT molecular complexity index is 424. The van der Waals surface area contributed by atoms with Crippen molar-refractivity contribution in [2.75, 3.05) is 37.0 Å². The van der Waals surface area contributed by atoms with Gasteiger partial charge in [0.05, 0.1) is 11.1 Å². The summed E-state index contributed by atoms with van der Waals surface area (Å²) in [5, 5.41) is 12.3. The Morgan fingerprint density at radius 3 is 2.80 bits per heavy atom. The molecule has 0 aromatic carbocycles. The van der Waals surface area contributed by atoms with Crippen LogP contribution in [0.5, 0.6) is 0 Å². The largest absolute Gasteiger partial charge is 0.395 e. The van der Waals surface area contributed by atoms with Crippen LogP contribution in [-0.4, -0.2) is 41.8 Å². The lowest BCUT2D eigenvalue weighted by molar-refractivity contribution is 0.291. The predicted molar refractivity (Wildman–Crippen MR) is 85.2 cm³/mol. The van der Waals surface area contributed by atoms with Crippen LogP contribution in [0.15, 0.2) is 10.7 Å². The fourth-order valence-electron chi connectivity index (χ4n) is 2.76. The average Bonchev–Trinajstić information content (AvgIpc) is 2.48. The molecule has 6 heteroatoms. The maximum atomic E-state index is 9.29. The Labute approximate surface area is 128 Å². The fraction of sp³-hybridized carbons (Fsp3) is 0.714. The molecule has 20 heavy (non-hydrogen) atoms. The van der Waals surface area contributed by atoms with E-state index >= 15 is 0 Å². The molecule has 112 valence electrons. The Balaban J connectivity index is 2.10. The van der Waals surface area contributed by atoms with Gasteiger partial charge in [0.25, 0.3) is 0 Å². The molecule has 0 radical (unpaired) electrons. The van der Waals surface area contributed by atoms with Gasteiger partial charge in [0, 0.05) is 26.3 Å². The van der Waals surface area contributed by atoms with Gasteiger partial charge in [-0.1, -0.05) is 19.3 Å². The van der Waals surface area contributed by atoms with E-state index in [1.54, 1.807) is 6.20 Å². The topological polar surface area (TPSA) is 61.3 Å². The summed E-state index contributed by atoms with van der Waals surface area (Å²) in [4.78, 5) is 11.0. The second kappa shape index (κ2) is 7.78. The molecule has 5 nitrogen and oxygen atoms in total. The number of aliphatic hydroxyl groups excluding tert-OH is 1. The van der Waals surface area contributed by atoms with Crippen LogP contribution in [0.1, 0.15) is 32.1 Å². The van der Waals surface area contributed by atoms with Crippen LogP contribution in [0.4, 0.5) is 11.8 Å². The quantitative estimate of drug-likeness (QED) is 0.832. The molecular formula is C14H23BrN4O. The molecular weight excluding hydrogens is 320 g/mol. The van der Waals surface area contributed by atoms with Crippen LogP contribution in [0, 0.1) is 5.92 Å². The zero-order valence-electron chi connectivity index (χ0n) is 12.0. The SMILES string of the molecule is CNc1nc(N(CCO)CC2CCCCC2)ncc1Br. The Hall–Kier alpha value is -0.880. The van der Waals surface area contributed by atoms with Crippen molar-refractivity contribution in [3.63, 3.8) is 0 Å². The highest BCUT2D eigenvalue weighted by atomic mass is 79.9. The van der Waals surface area contributed by atoms with E-state index in [1.807, 2.05) is 7.05 Å². The number of nitrogens with one attached hydrogen (secondary N) is 1. The molecule has 1 aromatic rings. The lowest BCUT2D eigenvalue weighted by Gasteiger charge is -2.29. The second-order valence-electron chi connectivity index (χ2n) is 5.29. The van der Waals surface area contributed by atoms with E-state index in [2.05, 4.69) is 36.1 Å². The molecule has 1 aliphatic carbocycles. The molecule has 0 unspecified atom stereocenters. The molecule has 0 aliphatic heterocycles. The van der Waals surface area contributed by atoms with Crippen LogP contribution in [0.3, 0.4) is 0 Å². The summed E-state index contributed by atoms with van der Waals surface area (Å²) in [5.41, 5.74) is 0. The minimum absolute atomic E-state index is 0.126. The summed E-state index contributed by atoms with van der Waals surface area (Å²) in [6.07, 6.45) is 8.31. The van der Waals surface area contributed by atoms with Gasteiger partial charge >= 0.3 is 0 Å². The van der Waals surface area contributed by atoms with Gasteiger partial charge in [-0.15, -0.1) is 0 Å². The van der Waals surface area contributed by atoms with Gasteiger partial charge in [0.2, 0.25) is 5.95 Å². The summed E-state index contributed by atoms with van der Waals surface area (Å²) in [5.74, 6) is 2.17. The number of anilines is 2. The fourth-order valence-corrected chi connectivity index (χ4v) is 3.15. The Morgan fingerprint density at radius 1 is 1.40 bits per heavy atom. The highest BCUT2D eigenvalue weighted by Gasteiger charge is 2.19. The molecule has 2 rings (SSSR count). The highest BCUT2D eigenvalue weighted by molar-refractivity contribution is 9.10. The third-order valence-electron chi connectivity index (χ3n) is 3.82. The van der Waals surface area contributed by atoms with Crippen molar-refractivity contribution in [3.8, 4) is 0 Å². The van der Waals surface area contributed by atoms with Gasteiger partial charge in [-0.2, -0.15) is 4.98 Å². The first-order valence-electron chi connectivity index (χ1n) is 7.30. The molecule has 1 heterocycles. The number of aromatic nitrogens is 2. The molecule has 1 fully saturated rings. The van der Waals surface area contributed by atoms with Crippen molar-refractivity contribution in [1.29, 1.82) is 0 Å². The Kier molecular flexibility index (Phi) is 6.04. The lowest BCUT2D eigenvalue weighted by atomic mass is 9.89. The first-order chi connectivity index (χ1) is 9.74. The first kappa shape index (κ1) is 15.5. The van der Waals surface area contributed by atoms with E-state index < -0.39 is 0 Å².